The Hall–Kier alpha value is -0.570. The molecular weight excluding hydrogens is 156 g/mol. The topological polar surface area (TPSA) is 24.7 Å². The molecule has 0 aromatic carbocycles. The number of rotatable bonds is 0. The van der Waals surface area contributed by atoms with Crippen LogP contribution in [0.5, 0.6) is 0 Å². The van der Waals surface area contributed by atoms with Gasteiger partial charge in [-0.1, -0.05) is 0 Å². The maximum Gasteiger partial charge on any atom is 0.110 e. The summed E-state index contributed by atoms with van der Waals surface area (Å²) in [6.45, 7) is 4.24. The SMILES string of the molecule is CC1=CSC2C1=NC=NC2C. The third-order valence-corrected chi connectivity index (χ3v) is 3.40. The Kier molecular flexibility index (Phi) is 1.60. The Morgan fingerprint density at radius 1 is 1.55 bits per heavy atom. The minimum absolute atomic E-state index is 0.390. The van der Waals surface area contributed by atoms with Crippen molar-refractivity contribution < 1.29 is 0 Å². The van der Waals surface area contributed by atoms with Crippen LogP contribution in [0.25, 0.3) is 0 Å². The van der Waals surface area contributed by atoms with Gasteiger partial charge in [-0.15, -0.1) is 11.8 Å². The first-order valence-electron chi connectivity index (χ1n) is 3.71. The molecule has 2 nitrogen and oxygen atoms in total. The van der Waals surface area contributed by atoms with Crippen LogP contribution in [-0.2, 0) is 0 Å². The number of fused-ring (bicyclic) bond motifs is 1. The van der Waals surface area contributed by atoms with Gasteiger partial charge in [-0.3, -0.25) is 4.99 Å². The van der Waals surface area contributed by atoms with Crippen molar-refractivity contribution in [3.63, 3.8) is 0 Å². The van der Waals surface area contributed by atoms with Crippen LogP contribution in [0.4, 0.5) is 0 Å². The van der Waals surface area contributed by atoms with E-state index in [1.165, 1.54) is 11.3 Å². The second kappa shape index (κ2) is 2.48. The summed E-state index contributed by atoms with van der Waals surface area (Å²) in [6, 6.07) is 0.390. The van der Waals surface area contributed by atoms with Gasteiger partial charge < -0.3 is 0 Å². The molecule has 0 spiro atoms. The van der Waals surface area contributed by atoms with E-state index in [0.29, 0.717) is 11.3 Å². The molecule has 0 fully saturated rings. The Balaban J connectivity index is 2.34. The quantitative estimate of drug-likeness (QED) is 0.539. The molecule has 0 saturated heterocycles. The predicted molar refractivity (Wildman–Crippen MR) is 50.5 cm³/mol. The van der Waals surface area contributed by atoms with Gasteiger partial charge in [0.05, 0.1) is 17.0 Å². The smallest absolute Gasteiger partial charge is 0.110 e. The van der Waals surface area contributed by atoms with Crippen LogP contribution >= 0.6 is 11.8 Å². The zero-order chi connectivity index (χ0) is 7.84. The lowest BCUT2D eigenvalue weighted by atomic mass is 10.1. The van der Waals surface area contributed by atoms with Crippen molar-refractivity contribution in [2.45, 2.75) is 25.1 Å². The molecule has 0 aliphatic carbocycles. The van der Waals surface area contributed by atoms with Crippen molar-refractivity contribution in [1.29, 1.82) is 0 Å². The molecule has 2 unspecified atom stereocenters. The van der Waals surface area contributed by atoms with Crippen LogP contribution in [0.3, 0.4) is 0 Å². The molecule has 0 N–H and O–H groups in total. The standard InChI is InChI=1S/C8H10N2S/c1-5-3-11-8-6(2)9-4-10-7(5)8/h3-4,6,8H,1-2H3. The molecule has 58 valence electrons. The fourth-order valence-corrected chi connectivity index (χ4v) is 2.47. The average Bonchev–Trinajstić information content (AvgIpc) is 2.35. The van der Waals surface area contributed by atoms with Gasteiger partial charge in [0.1, 0.15) is 6.34 Å². The van der Waals surface area contributed by atoms with Crippen molar-refractivity contribution in [1.82, 2.24) is 0 Å². The minimum atomic E-state index is 0.390. The summed E-state index contributed by atoms with van der Waals surface area (Å²) >= 11 is 1.84. The van der Waals surface area contributed by atoms with Crippen LogP contribution in [0.15, 0.2) is 21.0 Å². The molecule has 0 aromatic heterocycles. The Morgan fingerprint density at radius 2 is 2.36 bits per heavy atom. The molecule has 2 rings (SSSR count). The third-order valence-electron chi connectivity index (χ3n) is 2.00. The lowest BCUT2D eigenvalue weighted by Gasteiger charge is -2.18. The number of hydrogen-bond acceptors (Lipinski definition) is 3. The molecule has 2 heterocycles. The summed E-state index contributed by atoms with van der Waals surface area (Å²) in [4.78, 5) is 8.50. The van der Waals surface area contributed by atoms with E-state index in [-0.39, 0.29) is 0 Å². The molecule has 11 heavy (non-hydrogen) atoms. The largest absolute Gasteiger partial charge is 0.269 e. The summed E-state index contributed by atoms with van der Waals surface area (Å²) in [6.07, 6.45) is 1.68. The van der Waals surface area contributed by atoms with Gasteiger partial charge in [0, 0.05) is 0 Å². The molecule has 0 saturated carbocycles. The van der Waals surface area contributed by atoms with Gasteiger partial charge in [0.25, 0.3) is 0 Å². The second-order valence-electron chi connectivity index (χ2n) is 2.88. The summed E-state index contributed by atoms with van der Waals surface area (Å²) < 4.78 is 0. The normalized spacial score (nSPS) is 34.7. The van der Waals surface area contributed by atoms with Gasteiger partial charge in [-0.2, -0.15) is 0 Å². The van der Waals surface area contributed by atoms with Gasteiger partial charge in [0.15, 0.2) is 0 Å². The first kappa shape index (κ1) is 7.10. The Labute approximate surface area is 70.5 Å². The molecule has 0 aromatic rings. The Morgan fingerprint density at radius 3 is 3.09 bits per heavy atom. The summed E-state index contributed by atoms with van der Waals surface area (Å²) in [7, 11) is 0. The number of aliphatic imine (C=N–C) groups is 2. The average molecular weight is 166 g/mol. The summed E-state index contributed by atoms with van der Waals surface area (Å²) in [5.74, 6) is 0. The van der Waals surface area contributed by atoms with Gasteiger partial charge in [-0.05, 0) is 24.8 Å². The summed E-state index contributed by atoms with van der Waals surface area (Å²) in [5.41, 5.74) is 2.52. The maximum absolute atomic E-state index is 4.26. The van der Waals surface area contributed by atoms with Crippen molar-refractivity contribution in [3.05, 3.63) is 11.0 Å². The molecular formula is C8H10N2S. The first-order chi connectivity index (χ1) is 5.29. The number of nitrogens with zero attached hydrogens (tertiary/aromatic N) is 2. The van der Waals surface area contributed by atoms with Gasteiger partial charge >= 0.3 is 0 Å². The molecule has 2 atom stereocenters. The van der Waals surface area contributed by atoms with Crippen molar-refractivity contribution in [3.8, 4) is 0 Å². The van der Waals surface area contributed by atoms with E-state index in [4.69, 9.17) is 0 Å². The highest BCUT2D eigenvalue weighted by Crippen LogP contribution is 2.32. The van der Waals surface area contributed by atoms with Crippen LogP contribution in [0, 0.1) is 0 Å². The van der Waals surface area contributed by atoms with E-state index in [1.807, 2.05) is 11.8 Å². The van der Waals surface area contributed by atoms with Crippen molar-refractivity contribution in [2.75, 3.05) is 0 Å². The van der Waals surface area contributed by atoms with E-state index in [0.717, 1.165) is 0 Å². The molecule has 3 heteroatoms. The molecule has 0 radical (unpaired) electrons. The van der Waals surface area contributed by atoms with Crippen LogP contribution in [0.2, 0.25) is 0 Å². The molecule has 0 bridgehead atoms. The van der Waals surface area contributed by atoms with E-state index < -0.39 is 0 Å². The van der Waals surface area contributed by atoms with Crippen molar-refractivity contribution >= 4 is 23.8 Å². The predicted octanol–water partition coefficient (Wildman–Crippen LogP) is 1.88. The zero-order valence-electron chi connectivity index (χ0n) is 6.61. The van der Waals surface area contributed by atoms with Gasteiger partial charge in [0.2, 0.25) is 0 Å². The molecule has 0 amide bonds. The van der Waals surface area contributed by atoms with Crippen molar-refractivity contribution in [2.24, 2.45) is 9.98 Å². The minimum Gasteiger partial charge on any atom is -0.269 e. The Bertz CT molecular complexity index is 265. The zero-order valence-corrected chi connectivity index (χ0v) is 7.43. The number of thioether (sulfide) groups is 1. The van der Waals surface area contributed by atoms with E-state index in [2.05, 4.69) is 29.2 Å². The molecule has 2 aliphatic rings. The second-order valence-corrected chi connectivity index (χ2v) is 3.89. The first-order valence-corrected chi connectivity index (χ1v) is 4.65. The number of allylic oxidation sites excluding steroid dienone is 1. The highest BCUT2D eigenvalue weighted by Gasteiger charge is 2.29. The van der Waals surface area contributed by atoms with E-state index in [1.54, 1.807) is 6.34 Å². The lowest BCUT2D eigenvalue weighted by molar-refractivity contribution is 0.791. The van der Waals surface area contributed by atoms with Crippen LogP contribution in [-0.4, -0.2) is 23.3 Å². The van der Waals surface area contributed by atoms with Gasteiger partial charge in [-0.25, -0.2) is 4.99 Å². The third kappa shape index (κ3) is 1.03. The fourth-order valence-electron chi connectivity index (χ4n) is 1.32. The number of hydrogen-bond donors (Lipinski definition) is 0. The maximum atomic E-state index is 4.26. The highest BCUT2D eigenvalue weighted by molar-refractivity contribution is 8.04. The van der Waals surface area contributed by atoms with Crippen LogP contribution in [0.1, 0.15) is 13.8 Å². The highest BCUT2D eigenvalue weighted by atomic mass is 32.2. The lowest BCUT2D eigenvalue weighted by Crippen LogP contribution is -2.28. The van der Waals surface area contributed by atoms with Crippen LogP contribution < -0.4 is 0 Å². The van der Waals surface area contributed by atoms with E-state index in [9.17, 15) is 0 Å². The fraction of sp³-hybridized carbons (Fsp3) is 0.500. The van der Waals surface area contributed by atoms with E-state index >= 15 is 0 Å². The summed E-state index contributed by atoms with van der Waals surface area (Å²) in [5, 5.41) is 2.66. The molecule has 2 aliphatic heterocycles. The monoisotopic (exact) mass is 166 g/mol.